The lowest BCUT2D eigenvalue weighted by atomic mass is 10.4. The van der Waals surface area contributed by atoms with E-state index in [1.54, 1.807) is 16.6 Å². The number of carbonyl (C=O) groups is 1. The van der Waals surface area contributed by atoms with Gasteiger partial charge in [0.05, 0.1) is 12.7 Å². The van der Waals surface area contributed by atoms with Crippen LogP contribution in [-0.2, 0) is 17.9 Å². The van der Waals surface area contributed by atoms with E-state index in [1.165, 1.54) is 6.92 Å². The second-order valence-corrected chi connectivity index (χ2v) is 2.94. The highest BCUT2D eigenvalue weighted by Crippen LogP contribution is 1.98. The standard InChI is InChI=1S/C8H14N4O/c1-4-12-6-8(9-10-12)5-11(3)7(2)13/h6H,4-5H2,1-3H3. The highest BCUT2D eigenvalue weighted by atomic mass is 16.2. The Kier molecular flexibility index (Phi) is 3.00. The predicted octanol–water partition coefficient (Wildman–Crippen LogP) is 0.276. The van der Waals surface area contributed by atoms with Crippen LogP contribution in [0.2, 0.25) is 0 Å². The van der Waals surface area contributed by atoms with Crippen molar-refractivity contribution in [3.05, 3.63) is 11.9 Å². The number of aryl methyl sites for hydroxylation is 1. The monoisotopic (exact) mass is 182 g/mol. The first-order valence-corrected chi connectivity index (χ1v) is 4.24. The summed E-state index contributed by atoms with van der Waals surface area (Å²) in [6.45, 7) is 4.85. The third-order valence-electron chi connectivity index (χ3n) is 1.85. The number of carbonyl (C=O) groups excluding carboxylic acids is 1. The van der Waals surface area contributed by atoms with Gasteiger partial charge < -0.3 is 4.90 Å². The molecule has 1 aromatic rings. The van der Waals surface area contributed by atoms with Gasteiger partial charge in [-0.1, -0.05) is 5.21 Å². The zero-order valence-electron chi connectivity index (χ0n) is 8.19. The largest absolute Gasteiger partial charge is 0.340 e. The fourth-order valence-electron chi connectivity index (χ4n) is 0.920. The minimum Gasteiger partial charge on any atom is -0.340 e. The molecule has 0 N–H and O–H groups in total. The lowest BCUT2D eigenvalue weighted by molar-refractivity contribution is -0.128. The maximum absolute atomic E-state index is 10.9. The van der Waals surface area contributed by atoms with Crippen LogP contribution in [0.3, 0.4) is 0 Å². The van der Waals surface area contributed by atoms with Crippen LogP contribution in [-0.4, -0.2) is 32.8 Å². The molecule has 0 atom stereocenters. The molecule has 0 aromatic carbocycles. The van der Waals surface area contributed by atoms with Gasteiger partial charge in [-0.25, -0.2) is 0 Å². The Hall–Kier alpha value is -1.39. The first-order chi connectivity index (χ1) is 6.13. The Balaban J connectivity index is 2.58. The van der Waals surface area contributed by atoms with Crippen molar-refractivity contribution >= 4 is 5.91 Å². The Morgan fingerprint density at radius 2 is 2.38 bits per heavy atom. The average molecular weight is 182 g/mol. The Labute approximate surface area is 77.3 Å². The normalized spacial score (nSPS) is 10.1. The molecular weight excluding hydrogens is 168 g/mol. The minimum atomic E-state index is 0.0334. The molecule has 0 bridgehead atoms. The summed E-state index contributed by atoms with van der Waals surface area (Å²) < 4.78 is 1.74. The minimum absolute atomic E-state index is 0.0334. The van der Waals surface area contributed by atoms with Crippen LogP contribution in [0.5, 0.6) is 0 Å². The van der Waals surface area contributed by atoms with Crippen molar-refractivity contribution in [1.82, 2.24) is 19.9 Å². The molecule has 0 saturated heterocycles. The molecule has 0 spiro atoms. The van der Waals surface area contributed by atoms with Gasteiger partial charge in [-0.3, -0.25) is 9.48 Å². The Morgan fingerprint density at radius 3 is 2.85 bits per heavy atom. The van der Waals surface area contributed by atoms with Gasteiger partial charge >= 0.3 is 0 Å². The van der Waals surface area contributed by atoms with Crippen molar-refractivity contribution in [1.29, 1.82) is 0 Å². The summed E-state index contributed by atoms with van der Waals surface area (Å²) in [5.74, 6) is 0.0334. The molecule has 0 unspecified atom stereocenters. The van der Waals surface area contributed by atoms with E-state index in [0.717, 1.165) is 12.2 Å². The summed E-state index contributed by atoms with van der Waals surface area (Å²) in [6.07, 6.45) is 1.85. The van der Waals surface area contributed by atoms with Crippen LogP contribution in [0.1, 0.15) is 19.5 Å². The van der Waals surface area contributed by atoms with E-state index < -0.39 is 0 Å². The van der Waals surface area contributed by atoms with Crippen molar-refractivity contribution < 1.29 is 4.79 Å². The van der Waals surface area contributed by atoms with Crippen molar-refractivity contribution in [2.24, 2.45) is 0 Å². The second kappa shape index (κ2) is 4.02. The smallest absolute Gasteiger partial charge is 0.219 e. The summed E-state index contributed by atoms with van der Waals surface area (Å²) in [7, 11) is 1.74. The number of rotatable bonds is 3. The topological polar surface area (TPSA) is 51.0 Å². The summed E-state index contributed by atoms with van der Waals surface area (Å²) in [5.41, 5.74) is 0.819. The first-order valence-electron chi connectivity index (χ1n) is 4.24. The first kappa shape index (κ1) is 9.70. The highest BCUT2D eigenvalue weighted by molar-refractivity contribution is 5.72. The zero-order valence-corrected chi connectivity index (χ0v) is 8.19. The van der Waals surface area contributed by atoms with E-state index in [0.29, 0.717) is 6.54 Å². The van der Waals surface area contributed by atoms with Crippen molar-refractivity contribution in [3.8, 4) is 0 Å². The summed E-state index contributed by atoms with van der Waals surface area (Å²) >= 11 is 0. The molecule has 5 nitrogen and oxygen atoms in total. The molecule has 0 saturated carbocycles. The number of hydrogen-bond acceptors (Lipinski definition) is 3. The third kappa shape index (κ3) is 2.54. The lowest BCUT2D eigenvalue weighted by Gasteiger charge is -2.11. The fourth-order valence-corrected chi connectivity index (χ4v) is 0.920. The number of amides is 1. The van der Waals surface area contributed by atoms with Crippen LogP contribution in [0.15, 0.2) is 6.20 Å². The number of hydrogen-bond donors (Lipinski definition) is 0. The Bertz CT molecular complexity index is 294. The molecule has 0 aliphatic heterocycles. The molecule has 0 radical (unpaired) electrons. The van der Waals surface area contributed by atoms with Gasteiger partial charge in [0.1, 0.15) is 5.69 Å². The SMILES string of the molecule is CCn1cc(CN(C)C(C)=O)nn1. The van der Waals surface area contributed by atoms with E-state index >= 15 is 0 Å². The van der Waals surface area contributed by atoms with E-state index in [4.69, 9.17) is 0 Å². The van der Waals surface area contributed by atoms with Crippen LogP contribution in [0.4, 0.5) is 0 Å². The summed E-state index contributed by atoms with van der Waals surface area (Å²) in [5, 5.41) is 7.80. The van der Waals surface area contributed by atoms with Crippen molar-refractivity contribution in [3.63, 3.8) is 0 Å². The average Bonchev–Trinajstić information content (AvgIpc) is 2.52. The van der Waals surface area contributed by atoms with Gasteiger partial charge in [0.25, 0.3) is 0 Å². The molecule has 0 fully saturated rings. The van der Waals surface area contributed by atoms with Crippen LogP contribution < -0.4 is 0 Å². The highest BCUT2D eigenvalue weighted by Gasteiger charge is 2.05. The fraction of sp³-hybridized carbons (Fsp3) is 0.625. The van der Waals surface area contributed by atoms with E-state index in [2.05, 4.69) is 10.3 Å². The van der Waals surface area contributed by atoms with Crippen molar-refractivity contribution in [2.75, 3.05) is 7.05 Å². The maximum Gasteiger partial charge on any atom is 0.219 e. The number of nitrogens with zero attached hydrogens (tertiary/aromatic N) is 4. The van der Waals surface area contributed by atoms with Gasteiger partial charge in [0, 0.05) is 20.5 Å². The quantitative estimate of drug-likeness (QED) is 0.674. The lowest BCUT2D eigenvalue weighted by Crippen LogP contribution is -2.23. The molecule has 72 valence electrons. The molecule has 0 aliphatic rings. The zero-order chi connectivity index (χ0) is 9.84. The molecule has 1 heterocycles. The molecule has 1 rings (SSSR count). The van der Waals surface area contributed by atoms with Gasteiger partial charge in [-0.05, 0) is 6.92 Å². The summed E-state index contributed by atoms with van der Waals surface area (Å²) in [6, 6.07) is 0. The summed E-state index contributed by atoms with van der Waals surface area (Å²) in [4.78, 5) is 12.5. The van der Waals surface area contributed by atoms with Crippen molar-refractivity contribution in [2.45, 2.75) is 26.9 Å². The van der Waals surface area contributed by atoms with Gasteiger partial charge in [0.15, 0.2) is 0 Å². The van der Waals surface area contributed by atoms with Gasteiger partial charge in [-0.2, -0.15) is 0 Å². The molecule has 1 amide bonds. The molecule has 1 aromatic heterocycles. The number of aromatic nitrogens is 3. The molecule has 5 heteroatoms. The maximum atomic E-state index is 10.9. The molecule has 13 heavy (non-hydrogen) atoms. The predicted molar refractivity (Wildman–Crippen MR) is 47.8 cm³/mol. The van der Waals surface area contributed by atoms with E-state index in [1.807, 2.05) is 13.1 Å². The van der Waals surface area contributed by atoms with E-state index in [-0.39, 0.29) is 5.91 Å². The van der Waals surface area contributed by atoms with Crippen LogP contribution >= 0.6 is 0 Å². The molecular formula is C8H14N4O. The van der Waals surface area contributed by atoms with Gasteiger partial charge in [-0.15, -0.1) is 5.10 Å². The van der Waals surface area contributed by atoms with E-state index in [9.17, 15) is 4.79 Å². The molecule has 0 aliphatic carbocycles. The second-order valence-electron chi connectivity index (χ2n) is 2.94. The van der Waals surface area contributed by atoms with Crippen LogP contribution in [0.25, 0.3) is 0 Å². The third-order valence-corrected chi connectivity index (χ3v) is 1.85. The Morgan fingerprint density at radius 1 is 1.69 bits per heavy atom. The van der Waals surface area contributed by atoms with Crippen LogP contribution in [0, 0.1) is 0 Å². The van der Waals surface area contributed by atoms with Gasteiger partial charge in [0.2, 0.25) is 5.91 Å².